The number of alkyl halides is 9. The summed E-state index contributed by atoms with van der Waals surface area (Å²) in [6, 6.07) is 4.53. The topological polar surface area (TPSA) is 61.4 Å². The van der Waals surface area contributed by atoms with Gasteiger partial charge in [0.15, 0.2) is 0 Å². The molecule has 14 heteroatoms. The lowest BCUT2D eigenvalue weighted by atomic mass is 9.91. The summed E-state index contributed by atoms with van der Waals surface area (Å²) in [6.45, 7) is -1.27. The van der Waals surface area contributed by atoms with Gasteiger partial charge in [0.05, 0.1) is 18.2 Å². The molecule has 0 heterocycles. The first-order valence-corrected chi connectivity index (χ1v) is 10.7. The lowest BCUT2D eigenvalue weighted by Gasteiger charge is -2.32. The third-order valence-corrected chi connectivity index (χ3v) is 5.86. The number of carbonyl (C=O) groups excluding carboxylic acids is 1. The summed E-state index contributed by atoms with van der Waals surface area (Å²) in [7, 11) is 0. The lowest BCUT2D eigenvalue weighted by molar-refractivity contribution is -0.260. The molecule has 0 unspecified atom stereocenters. The highest BCUT2D eigenvalue weighted by Crippen LogP contribution is 2.43. The largest absolute Gasteiger partial charge is 0.423 e. The molecule has 0 aromatic heterocycles. The monoisotopic (exact) mass is 548 g/mol. The smallest absolute Gasteiger partial charge is 0.381 e. The van der Waals surface area contributed by atoms with Crippen molar-refractivity contribution in [1.82, 2.24) is 5.32 Å². The Labute approximate surface area is 203 Å². The minimum absolute atomic E-state index is 0.0664. The number of aliphatic hydroxyl groups is 1. The van der Waals surface area contributed by atoms with Crippen molar-refractivity contribution in [2.75, 3.05) is 11.9 Å². The Morgan fingerprint density at radius 1 is 0.972 bits per heavy atom. The number of carbonyl (C=O) groups is 1. The molecule has 0 spiro atoms. The second kappa shape index (κ2) is 9.66. The van der Waals surface area contributed by atoms with Crippen LogP contribution in [0.25, 0.3) is 0 Å². The van der Waals surface area contributed by atoms with Gasteiger partial charge in [0.1, 0.15) is 6.42 Å². The number of anilines is 1. The van der Waals surface area contributed by atoms with E-state index in [0.29, 0.717) is 29.7 Å². The molecule has 3 rings (SSSR count). The normalized spacial score (nSPS) is 17.9. The maximum absolute atomic E-state index is 13.8. The Kier molecular flexibility index (Phi) is 7.49. The summed E-state index contributed by atoms with van der Waals surface area (Å²) in [4.78, 5) is 11.6. The van der Waals surface area contributed by atoms with Crippen LogP contribution in [0.2, 0.25) is 5.02 Å². The second-order valence-electron chi connectivity index (χ2n) is 8.30. The van der Waals surface area contributed by atoms with E-state index in [-0.39, 0.29) is 18.2 Å². The molecule has 3 N–H and O–H groups in total. The van der Waals surface area contributed by atoms with Gasteiger partial charge >= 0.3 is 18.5 Å². The highest BCUT2D eigenvalue weighted by molar-refractivity contribution is 6.30. The molecule has 1 amide bonds. The highest BCUT2D eigenvalue weighted by Gasteiger charge is 2.55. The van der Waals surface area contributed by atoms with Gasteiger partial charge in [-0.25, -0.2) is 0 Å². The predicted molar refractivity (Wildman–Crippen MR) is 111 cm³/mol. The highest BCUT2D eigenvalue weighted by atomic mass is 35.5. The van der Waals surface area contributed by atoms with Gasteiger partial charge in [-0.3, -0.25) is 4.79 Å². The number of nitrogens with one attached hydrogen (secondary N) is 2. The maximum Gasteiger partial charge on any atom is 0.423 e. The summed E-state index contributed by atoms with van der Waals surface area (Å²) in [5.41, 5.74) is -5.25. The molecule has 198 valence electrons. The van der Waals surface area contributed by atoms with Crippen molar-refractivity contribution >= 4 is 23.2 Å². The molecule has 2 aromatic rings. The van der Waals surface area contributed by atoms with Crippen LogP contribution in [0.4, 0.5) is 45.2 Å². The van der Waals surface area contributed by atoms with Gasteiger partial charge in [0, 0.05) is 10.7 Å². The van der Waals surface area contributed by atoms with Crippen LogP contribution in [0.5, 0.6) is 0 Å². The Hall–Kier alpha value is -2.67. The van der Waals surface area contributed by atoms with Gasteiger partial charge in [0.25, 0.3) is 0 Å². The van der Waals surface area contributed by atoms with Crippen LogP contribution in [-0.2, 0) is 23.0 Å². The van der Waals surface area contributed by atoms with Gasteiger partial charge in [0.2, 0.25) is 11.5 Å². The molecule has 0 fully saturated rings. The van der Waals surface area contributed by atoms with E-state index >= 15 is 0 Å². The van der Waals surface area contributed by atoms with E-state index in [9.17, 15) is 49.4 Å². The molecule has 1 aliphatic carbocycles. The number of aryl methyl sites for hydroxylation is 1. The van der Waals surface area contributed by atoms with Gasteiger partial charge in [-0.05, 0) is 59.9 Å². The number of hydrogen-bond donors (Lipinski definition) is 3. The minimum Gasteiger partial charge on any atom is -0.381 e. The zero-order chi connectivity index (χ0) is 27.1. The zero-order valence-electron chi connectivity index (χ0n) is 18.0. The van der Waals surface area contributed by atoms with E-state index in [2.05, 4.69) is 10.6 Å². The summed E-state index contributed by atoms with van der Waals surface area (Å²) in [6.07, 6.45) is -16.2. The van der Waals surface area contributed by atoms with Gasteiger partial charge in [-0.2, -0.15) is 39.5 Å². The Bertz CT molecular complexity index is 1130. The second-order valence-corrected chi connectivity index (χ2v) is 8.74. The van der Waals surface area contributed by atoms with E-state index in [4.69, 9.17) is 11.6 Å². The van der Waals surface area contributed by atoms with E-state index in [1.807, 2.05) is 0 Å². The Balaban J connectivity index is 1.81. The molecule has 2 aromatic carbocycles. The van der Waals surface area contributed by atoms with Gasteiger partial charge in [-0.1, -0.05) is 17.7 Å². The van der Waals surface area contributed by atoms with Crippen molar-refractivity contribution in [2.24, 2.45) is 0 Å². The standard InChI is InChI=1S/C22H18ClF9N2O2/c23-14-7-12(6-13(8-14)21(27,28)29)19(36,22(30,31)32)10-33-15-2-3-16-11(5-15)1-4-17(16)34-18(35)9-20(24,25)26/h2-3,5-8,17,33,36H,1,4,9-10H2,(H,34,35)/t17-,19+/m0/s1. The SMILES string of the molecule is O=C(CC(F)(F)F)N[C@H]1CCc2cc(NC[C@@](O)(c3cc(Cl)cc(C(F)(F)F)c3)C(F)(F)F)ccc21. The number of hydrogen-bond acceptors (Lipinski definition) is 3. The first-order chi connectivity index (χ1) is 16.4. The van der Waals surface area contributed by atoms with Crippen molar-refractivity contribution in [1.29, 1.82) is 0 Å². The molecule has 4 nitrogen and oxygen atoms in total. The summed E-state index contributed by atoms with van der Waals surface area (Å²) >= 11 is 5.59. The van der Waals surface area contributed by atoms with Crippen LogP contribution in [0.15, 0.2) is 36.4 Å². The molecule has 0 saturated carbocycles. The maximum atomic E-state index is 13.8. The van der Waals surface area contributed by atoms with Crippen molar-refractivity contribution in [3.8, 4) is 0 Å². The van der Waals surface area contributed by atoms with Crippen LogP contribution >= 0.6 is 11.6 Å². The van der Waals surface area contributed by atoms with Crippen LogP contribution < -0.4 is 10.6 Å². The van der Waals surface area contributed by atoms with Crippen molar-refractivity contribution in [3.63, 3.8) is 0 Å². The Morgan fingerprint density at radius 2 is 1.61 bits per heavy atom. The molecule has 0 radical (unpaired) electrons. The zero-order valence-corrected chi connectivity index (χ0v) is 18.8. The van der Waals surface area contributed by atoms with Crippen molar-refractivity contribution in [2.45, 2.75) is 49.4 Å². The quantitative estimate of drug-likeness (QED) is 0.373. The molecule has 0 bridgehead atoms. The van der Waals surface area contributed by atoms with E-state index in [1.54, 1.807) is 0 Å². The number of halogens is 10. The molecule has 1 aliphatic rings. The first-order valence-electron chi connectivity index (χ1n) is 10.3. The summed E-state index contributed by atoms with van der Waals surface area (Å²) in [5.74, 6) is -1.22. The molecule has 0 saturated heterocycles. The van der Waals surface area contributed by atoms with Crippen molar-refractivity contribution in [3.05, 3.63) is 63.7 Å². The average molecular weight is 549 g/mol. The molecule has 2 atom stereocenters. The fourth-order valence-electron chi connectivity index (χ4n) is 3.89. The molecular formula is C22H18ClF9N2O2. The average Bonchev–Trinajstić information content (AvgIpc) is 3.10. The Morgan fingerprint density at radius 3 is 2.19 bits per heavy atom. The first kappa shape index (κ1) is 27.9. The number of benzene rings is 2. The number of fused-ring (bicyclic) bond motifs is 1. The fraction of sp³-hybridized carbons (Fsp3) is 0.409. The van der Waals surface area contributed by atoms with Crippen LogP contribution in [0, 0.1) is 0 Å². The summed E-state index contributed by atoms with van der Waals surface area (Å²) < 4.78 is 118. The van der Waals surface area contributed by atoms with Crippen LogP contribution in [-0.4, -0.2) is 29.9 Å². The predicted octanol–water partition coefficient (Wildman–Crippen LogP) is 6.28. The van der Waals surface area contributed by atoms with Gasteiger partial charge in [-0.15, -0.1) is 0 Å². The third kappa shape index (κ3) is 6.36. The molecule has 0 aliphatic heterocycles. The van der Waals surface area contributed by atoms with E-state index in [1.165, 1.54) is 18.2 Å². The number of rotatable bonds is 6. The van der Waals surface area contributed by atoms with E-state index in [0.717, 1.165) is 0 Å². The molecular weight excluding hydrogens is 531 g/mol. The van der Waals surface area contributed by atoms with Crippen LogP contribution in [0.1, 0.15) is 41.1 Å². The van der Waals surface area contributed by atoms with Gasteiger partial charge < -0.3 is 15.7 Å². The van der Waals surface area contributed by atoms with Crippen LogP contribution in [0.3, 0.4) is 0 Å². The number of amides is 1. The van der Waals surface area contributed by atoms with Crippen molar-refractivity contribution < 1.29 is 49.4 Å². The molecule has 36 heavy (non-hydrogen) atoms. The minimum atomic E-state index is -5.39. The fourth-order valence-corrected chi connectivity index (χ4v) is 4.13. The summed E-state index contributed by atoms with van der Waals surface area (Å²) in [5, 5.41) is 14.4. The van der Waals surface area contributed by atoms with E-state index < -0.39 is 65.2 Å². The lowest BCUT2D eigenvalue weighted by Crippen LogP contribution is -2.48. The third-order valence-electron chi connectivity index (χ3n) is 5.64.